The molecule has 27 heavy (non-hydrogen) atoms. The van der Waals surface area contributed by atoms with Crippen LogP contribution < -0.4 is 0 Å². The summed E-state index contributed by atoms with van der Waals surface area (Å²) in [5.41, 5.74) is 0.484. The molecule has 1 aromatic carbocycles. The summed E-state index contributed by atoms with van der Waals surface area (Å²) in [5, 5.41) is 9.67. The standard InChI is InChI=1S/C21H28N2O4/c1-3-26-19(24)14-21(18(15-22)20(25)27-4-2)10-12-23(13-11-21)16-17-8-6-5-7-9-17/h5-9,18H,3-4,10-14,16H2,1-2H3. The van der Waals surface area contributed by atoms with Gasteiger partial charge in [0.2, 0.25) is 0 Å². The highest BCUT2D eigenvalue weighted by Crippen LogP contribution is 2.43. The van der Waals surface area contributed by atoms with Gasteiger partial charge in [0.15, 0.2) is 0 Å². The Morgan fingerprint density at radius 1 is 1.15 bits per heavy atom. The van der Waals surface area contributed by atoms with E-state index in [0.717, 1.165) is 6.54 Å². The van der Waals surface area contributed by atoms with Gasteiger partial charge in [-0.2, -0.15) is 5.26 Å². The first kappa shape index (κ1) is 20.9. The van der Waals surface area contributed by atoms with Gasteiger partial charge in [0.05, 0.1) is 25.7 Å². The van der Waals surface area contributed by atoms with Crippen molar-refractivity contribution in [2.45, 2.75) is 39.7 Å². The van der Waals surface area contributed by atoms with Crippen molar-refractivity contribution in [2.24, 2.45) is 11.3 Å². The first-order valence-electron chi connectivity index (χ1n) is 9.52. The molecule has 146 valence electrons. The molecule has 0 aromatic heterocycles. The second-order valence-electron chi connectivity index (χ2n) is 6.92. The number of hydrogen-bond donors (Lipinski definition) is 0. The maximum atomic E-state index is 12.4. The fourth-order valence-corrected chi connectivity index (χ4v) is 3.73. The molecule has 1 saturated heterocycles. The maximum absolute atomic E-state index is 12.4. The van der Waals surface area contributed by atoms with Gasteiger partial charge in [-0.25, -0.2) is 0 Å². The summed E-state index contributed by atoms with van der Waals surface area (Å²) in [6.07, 6.45) is 1.22. The van der Waals surface area contributed by atoms with Crippen molar-refractivity contribution in [2.75, 3.05) is 26.3 Å². The molecule has 0 spiro atoms. The van der Waals surface area contributed by atoms with Crippen molar-refractivity contribution >= 4 is 11.9 Å². The Hall–Kier alpha value is -2.39. The monoisotopic (exact) mass is 372 g/mol. The number of piperidine rings is 1. The smallest absolute Gasteiger partial charge is 0.323 e. The number of rotatable bonds is 8. The van der Waals surface area contributed by atoms with E-state index < -0.39 is 17.3 Å². The fourth-order valence-electron chi connectivity index (χ4n) is 3.73. The summed E-state index contributed by atoms with van der Waals surface area (Å²) in [7, 11) is 0. The van der Waals surface area contributed by atoms with E-state index in [1.54, 1.807) is 13.8 Å². The van der Waals surface area contributed by atoms with Crippen molar-refractivity contribution in [3.8, 4) is 6.07 Å². The third kappa shape index (κ3) is 5.54. The van der Waals surface area contributed by atoms with Gasteiger partial charge in [-0.1, -0.05) is 30.3 Å². The molecule has 1 fully saturated rings. The zero-order valence-corrected chi connectivity index (χ0v) is 16.1. The zero-order valence-electron chi connectivity index (χ0n) is 16.1. The van der Waals surface area contributed by atoms with Crippen LogP contribution in [0.4, 0.5) is 0 Å². The number of likely N-dealkylation sites (tertiary alicyclic amines) is 1. The number of carbonyl (C=O) groups is 2. The lowest BCUT2D eigenvalue weighted by molar-refractivity contribution is -0.156. The van der Waals surface area contributed by atoms with Crippen LogP contribution in [0.15, 0.2) is 30.3 Å². The largest absolute Gasteiger partial charge is 0.466 e. The molecule has 0 N–H and O–H groups in total. The van der Waals surface area contributed by atoms with Crippen LogP contribution in [-0.4, -0.2) is 43.1 Å². The normalized spacial score (nSPS) is 17.5. The third-order valence-electron chi connectivity index (χ3n) is 5.17. The molecule has 0 saturated carbocycles. The second kappa shape index (κ2) is 10.1. The van der Waals surface area contributed by atoms with E-state index in [-0.39, 0.29) is 25.6 Å². The summed E-state index contributed by atoms with van der Waals surface area (Å²) >= 11 is 0. The number of nitrogens with zero attached hydrogens (tertiary/aromatic N) is 2. The number of carbonyl (C=O) groups excluding carboxylic acids is 2. The third-order valence-corrected chi connectivity index (χ3v) is 5.17. The minimum absolute atomic E-state index is 0.0665. The van der Waals surface area contributed by atoms with Crippen molar-refractivity contribution in [3.63, 3.8) is 0 Å². The van der Waals surface area contributed by atoms with E-state index in [4.69, 9.17) is 9.47 Å². The highest BCUT2D eigenvalue weighted by molar-refractivity contribution is 5.78. The van der Waals surface area contributed by atoms with Crippen molar-refractivity contribution in [1.29, 1.82) is 5.26 Å². The quantitative estimate of drug-likeness (QED) is 0.653. The van der Waals surface area contributed by atoms with Gasteiger partial charge < -0.3 is 9.47 Å². The number of esters is 2. The highest BCUT2D eigenvalue weighted by Gasteiger charge is 2.48. The number of nitriles is 1. The maximum Gasteiger partial charge on any atom is 0.323 e. The Morgan fingerprint density at radius 3 is 2.33 bits per heavy atom. The number of benzene rings is 1. The van der Waals surface area contributed by atoms with Gasteiger partial charge in [-0.05, 0) is 45.3 Å². The number of ether oxygens (including phenoxy) is 2. The Kier molecular flexibility index (Phi) is 7.81. The Bertz CT molecular complexity index is 661. The van der Waals surface area contributed by atoms with Crippen LogP contribution >= 0.6 is 0 Å². The average Bonchev–Trinajstić information content (AvgIpc) is 2.65. The van der Waals surface area contributed by atoms with Crippen LogP contribution in [0.2, 0.25) is 0 Å². The van der Waals surface area contributed by atoms with Crippen LogP contribution in [0.25, 0.3) is 0 Å². The minimum Gasteiger partial charge on any atom is -0.466 e. The van der Waals surface area contributed by atoms with Gasteiger partial charge >= 0.3 is 11.9 Å². The summed E-state index contributed by atoms with van der Waals surface area (Å²) in [6.45, 7) is 6.20. The fraction of sp³-hybridized carbons (Fsp3) is 0.571. The molecular weight excluding hydrogens is 344 g/mol. The van der Waals surface area contributed by atoms with Crippen LogP contribution in [0, 0.1) is 22.7 Å². The van der Waals surface area contributed by atoms with Gasteiger partial charge in [0.25, 0.3) is 0 Å². The lowest BCUT2D eigenvalue weighted by atomic mass is 9.67. The van der Waals surface area contributed by atoms with Crippen molar-refractivity contribution < 1.29 is 19.1 Å². The summed E-state index contributed by atoms with van der Waals surface area (Å²) in [6, 6.07) is 12.3. The molecule has 1 atom stereocenters. The average molecular weight is 372 g/mol. The summed E-state index contributed by atoms with van der Waals surface area (Å²) < 4.78 is 10.2. The molecule has 0 radical (unpaired) electrons. The lowest BCUT2D eigenvalue weighted by Crippen LogP contribution is -2.47. The van der Waals surface area contributed by atoms with Gasteiger partial charge in [0.1, 0.15) is 5.92 Å². The van der Waals surface area contributed by atoms with E-state index in [2.05, 4.69) is 23.1 Å². The van der Waals surface area contributed by atoms with Crippen molar-refractivity contribution in [1.82, 2.24) is 4.90 Å². The van der Waals surface area contributed by atoms with Gasteiger partial charge in [-0.3, -0.25) is 14.5 Å². The van der Waals surface area contributed by atoms with E-state index in [9.17, 15) is 14.9 Å². The molecule has 1 unspecified atom stereocenters. The first-order valence-corrected chi connectivity index (χ1v) is 9.52. The SMILES string of the molecule is CCOC(=O)CC1(C(C#N)C(=O)OCC)CCN(Cc2ccccc2)CC1. The Balaban J connectivity index is 2.13. The summed E-state index contributed by atoms with van der Waals surface area (Å²) in [4.78, 5) is 26.9. The van der Waals surface area contributed by atoms with E-state index in [1.807, 2.05) is 18.2 Å². The first-order chi connectivity index (χ1) is 13.0. The number of hydrogen-bond acceptors (Lipinski definition) is 6. The molecule has 0 bridgehead atoms. The topological polar surface area (TPSA) is 79.6 Å². The summed E-state index contributed by atoms with van der Waals surface area (Å²) in [5.74, 6) is -1.86. The Morgan fingerprint density at radius 2 is 1.78 bits per heavy atom. The molecular formula is C21H28N2O4. The molecule has 6 nitrogen and oxygen atoms in total. The van der Waals surface area contributed by atoms with E-state index in [1.165, 1.54) is 5.56 Å². The van der Waals surface area contributed by atoms with E-state index >= 15 is 0 Å². The minimum atomic E-state index is -0.958. The molecule has 1 aromatic rings. The molecule has 0 aliphatic carbocycles. The molecule has 1 aliphatic heterocycles. The predicted octanol–water partition coefficient (Wildman–Crippen LogP) is 2.92. The molecule has 0 amide bonds. The van der Waals surface area contributed by atoms with Crippen LogP contribution in [0.3, 0.4) is 0 Å². The van der Waals surface area contributed by atoms with Crippen LogP contribution in [0.5, 0.6) is 0 Å². The van der Waals surface area contributed by atoms with Crippen LogP contribution in [0.1, 0.15) is 38.7 Å². The van der Waals surface area contributed by atoms with Crippen LogP contribution in [-0.2, 0) is 25.6 Å². The van der Waals surface area contributed by atoms with Crippen molar-refractivity contribution in [3.05, 3.63) is 35.9 Å². The second-order valence-corrected chi connectivity index (χ2v) is 6.92. The molecule has 6 heteroatoms. The van der Waals surface area contributed by atoms with E-state index in [0.29, 0.717) is 25.9 Å². The van der Waals surface area contributed by atoms with Gasteiger partial charge in [-0.15, -0.1) is 0 Å². The molecule has 2 rings (SSSR count). The lowest BCUT2D eigenvalue weighted by Gasteiger charge is -2.43. The zero-order chi connectivity index (χ0) is 19.7. The molecule has 1 heterocycles. The molecule has 1 aliphatic rings. The Labute approximate surface area is 161 Å². The highest BCUT2D eigenvalue weighted by atomic mass is 16.5. The predicted molar refractivity (Wildman–Crippen MR) is 100 cm³/mol. The van der Waals surface area contributed by atoms with Gasteiger partial charge in [0, 0.05) is 12.0 Å².